The predicted octanol–water partition coefficient (Wildman–Crippen LogP) is 1.18. The lowest BCUT2D eigenvalue weighted by Crippen LogP contribution is -2.41. The number of nitrogens with one attached hydrogen (secondary N) is 2. The average molecular weight is 333 g/mol. The summed E-state index contributed by atoms with van der Waals surface area (Å²) in [6.07, 6.45) is 4.70. The van der Waals surface area contributed by atoms with E-state index in [0.29, 0.717) is 12.5 Å². The van der Waals surface area contributed by atoms with Gasteiger partial charge in [-0.25, -0.2) is 8.42 Å². The van der Waals surface area contributed by atoms with Crippen molar-refractivity contribution in [1.82, 2.24) is 10.6 Å². The van der Waals surface area contributed by atoms with Gasteiger partial charge in [0.2, 0.25) is 0 Å². The molecule has 1 rings (SSSR count). The van der Waals surface area contributed by atoms with Crippen molar-refractivity contribution in [3.63, 3.8) is 0 Å². The minimum atomic E-state index is -2.94. The van der Waals surface area contributed by atoms with Gasteiger partial charge in [0.05, 0.1) is 5.75 Å². The normalized spacial score (nSPS) is 17.9. The lowest BCUT2D eigenvalue weighted by molar-refractivity contribution is 0.0778. The van der Waals surface area contributed by atoms with E-state index >= 15 is 0 Å². The number of ether oxygens (including phenoxy) is 1. The van der Waals surface area contributed by atoms with Crippen molar-refractivity contribution >= 4 is 15.8 Å². The SMILES string of the molecule is CCNC(=NCC1(CCOC)CCC1)NCCS(=O)(=O)CC. The first-order valence-corrected chi connectivity index (χ1v) is 10.0. The molecule has 7 heteroatoms. The Balaban J connectivity index is 2.50. The zero-order chi connectivity index (χ0) is 16.5. The summed E-state index contributed by atoms with van der Waals surface area (Å²) in [5.74, 6) is 1.03. The van der Waals surface area contributed by atoms with E-state index in [1.54, 1.807) is 14.0 Å². The topological polar surface area (TPSA) is 79.8 Å². The molecule has 0 heterocycles. The van der Waals surface area contributed by atoms with Crippen LogP contribution < -0.4 is 10.6 Å². The van der Waals surface area contributed by atoms with Gasteiger partial charge in [0.1, 0.15) is 0 Å². The van der Waals surface area contributed by atoms with Crippen molar-refractivity contribution in [3.05, 3.63) is 0 Å². The molecule has 0 saturated heterocycles. The van der Waals surface area contributed by atoms with Gasteiger partial charge in [-0.2, -0.15) is 0 Å². The van der Waals surface area contributed by atoms with E-state index in [0.717, 1.165) is 26.1 Å². The van der Waals surface area contributed by atoms with Crippen molar-refractivity contribution < 1.29 is 13.2 Å². The van der Waals surface area contributed by atoms with Crippen LogP contribution in [-0.2, 0) is 14.6 Å². The number of hydrogen-bond donors (Lipinski definition) is 2. The van der Waals surface area contributed by atoms with E-state index in [9.17, 15) is 8.42 Å². The zero-order valence-electron chi connectivity index (χ0n) is 14.2. The van der Waals surface area contributed by atoms with Crippen LogP contribution in [-0.4, -0.2) is 59.2 Å². The molecule has 0 unspecified atom stereocenters. The molecule has 0 aliphatic heterocycles. The molecule has 22 heavy (non-hydrogen) atoms. The van der Waals surface area contributed by atoms with E-state index < -0.39 is 9.84 Å². The fraction of sp³-hybridized carbons (Fsp3) is 0.933. The first-order valence-electron chi connectivity index (χ1n) is 8.18. The molecule has 0 aromatic rings. The van der Waals surface area contributed by atoms with Crippen LogP contribution in [0.5, 0.6) is 0 Å². The third kappa shape index (κ3) is 6.52. The van der Waals surface area contributed by atoms with Crippen LogP contribution in [0.3, 0.4) is 0 Å². The molecule has 0 atom stereocenters. The van der Waals surface area contributed by atoms with Crippen LogP contribution >= 0.6 is 0 Å². The van der Waals surface area contributed by atoms with Crippen molar-refractivity contribution in [2.24, 2.45) is 10.4 Å². The summed E-state index contributed by atoms with van der Waals surface area (Å²) in [4.78, 5) is 4.65. The Bertz CT molecular complexity index is 445. The molecule has 1 fully saturated rings. The fourth-order valence-corrected chi connectivity index (χ4v) is 3.24. The maximum atomic E-state index is 11.5. The largest absolute Gasteiger partial charge is 0.385 e. The molecular weight excluding hydrogens is 302 g/mol. The number of guanidine groups is 1. The molecule has 130 valence electrons. The highest BCUT2D eigenvalue weighted by Crippen LogP contribution is 2.44. The van der Waals surface area contributed by atoms with Gasteiger partial charge >= 0.3 is 0 Å². The second-order valence-electron chi connectivity index (χ2n) is 5.95. The van der Waals surface area contributed by atoms with Gasteiger partial charge in [-0.15, -0.1) is 0 Å². The number of nitrogens with zero attached hydrogens (tertiary/aromatic N) is 1. The molecule has 1 aliphatic carbocycles. The Kier molecular flexibility index (Phi) is 8.17. The summed E-state index contributed by atoms with van der Waals surface area (Å²) in [6.45, 7) is 6.37. The highest BCUT2D eigenvalue weighted by atomic mass is 32.2. The Morgan fingerprint density at radius 3 is 2.50 bits per heavy atom. The quantitative estimate of drug-likeness (QED) is 0.464. The first kappa shape index (κ1) is 19.2. The minimum Gasteiger partial charge on any atom is -0.385 e. The summed E-state index contributed by atoms with van der Waals surface area (Å²) in [6, 6.07) is 0. The first-order chi connectivity index (χ1) is 10.5. The number of methoxy groups -OCH3 is 1. The summed E-state index contributed by atoms with van der Waals surface area (Å²) < 4.78 is 28.2. The highest BCUT2D eigenvalue weighted by molar-refractivity contribution is 7.91. The van der Waals surface area contributed by atoms with E-state index in [4.69, 9.17) is 4.74 Å². The number of sulfone groups is 1. The van der Waals surface area contributed by atoms with Gasteiger partial charge in [0, 0.05) is 39.1 Å². The maximum absolute atomic E-state index is 11.5. The lowest BCUT2D eigenvalue weighted by Gasteiger charge is -2.40. The van der Waals surface area contributed by atoms with Crippen LogP contribution in [0.4, 0.5) is 0 Å². The van der Waals surface area contributed by atoms with Crippen LogP contribution in [0.15, 0.2) is 4.99 Å². The Labute approximate surface area is 135 Å². The van der Waals surface area contributed by atoms with Gasteiger partial charge in [-0.05, 0) is 31.6 Å². The van der Waals surface area contributed by atoms with Gasteiger partial charge < -0.3 is 15.4 Å². The predicted molar refractivity (Wildman–Crippen MR) is 91.1 cm³/mol. The smallest absolute Gasteiger partial charge is 0.191 e. The maximum Gasteiger partial charge on any atom is 0.191 e. The molecule has 0 bridgehead atoms. The van der Waals surface area contributed by atoms with Crippen molar-refractivity contribution in [2.45, 2.75) is 39.5 Å². The third-order valence-electron chi connectivity index (χ3n) is 4.31. The van der Waals surface area contributed by atoms with E-state index in [2.05, 4.69) is 15.6 Å². The van der Waals surface area contributed by atoms with Gasteiger partial charge in [-0.1, -0.05) is 13.3 Å². The van der Waals surface area contributed by atoms with E-state index in [-0.39, 0.29) is 16.9 Å². The summed E-state index contributed by atoms with van der Waals surface area (Å²) in [5, 5.41) is 6.29. The minimum absolute atomic E-state index is 0.142. The molecule has 6 nitrogen and oxygen atoms in total. The summed E-state index contributed by atoms with van der Waals surface area (Å²) in [5.41, 5.74) is 0.272. The Hall–Kier alpha value is -0.820. The second-order valence-corrected chi connectivity index (χ2v) is 8.43. The van der Waals surface area contributed by atoms with Crippen LogP contribution in [0.1, 0.15) is 39.5 Å². The van der Waals surface area contributed by atoms with E-state index in [1.165, 1.54) is 19.3 Å². The number of rotatable bonds is 10. The van der Waals surface area contributed by atoms with Crippen LogP contribution in [0, 0.1) is 5.41 Å². The third-order valence-corrected chi connectivity index (χ3v) is 6.02. The molecule has 0 radical (unpaired) electrons. The molecule has 0 spiro atoms. The summed E-state index contributed by atoms with van der Waals surface area (Å²) in [7, 11) is -1.21. The molecule has 0 amide bonds. The number of hydrogen-bond acceptors (Lipinski definition) is 4. The van der Waals surface area contributed by atoms with Gasteiger partial charge in [0.25, 0.3) is 0 Å². The van der Waals surface area contributed by atoms with Crippen LogP contribution in [0.2, 0.25) is 0 Å². The standard InChI is InChI=1S/C15H31N3O3S/c1-4-16-14(17-10-12-22(19,20)5-2)18-13-15(7-6-8-15)9-11-21-3/h4-13H2,1-3H3,(H2,16,17,18). The van der Waals surface area contributed by atoms with Crippen molar-refractivity contribution in [1.29, 1.82) is 0 Å². The molecule has 0 aromatic carbocycles. The highest BCUT2D eigenvalue weighted by Gasteiger charge is 2.36. The zero-order valence-corrected chi connectivity index (χ0v) is 15.0. The van der Waals surface area contributed by atoms with Crippen molar-refractivity contribution in [2.75, 3.05) is 44.9 Å². The lowest BCUT2D eigenvalue weighted by atomic mass is 9.67. The monoisotopic (exact) mass is 333 g/mol. The molecule has 1 saturated carbocycles. The van der Waals surface area contributed by atoms with E-state index in [1.807, 2.05) is 6.92 Å². The molecule has 1 aliphatic rings. The fourth-order valence-electron chi connectivity index (χ4n) is 2.54. The second kappa shape index (κ2) is 9.35. The Morgan fingerprint density at radius 2 is 2.00 bits per heavy atom. The Morgan fingerprint density at radius 1 is 1.27 bits per heavy atom. The molecule has 0 aromatic heterocycles. The van der Waals surface area contributed by atoms with Crippen LogP contribution in [0.25, 0.3) is 0 Å². The van der Waals surface area contributed by atoms with Gasteiger partial charge in [-0.3, -0.25) is 4.99 Å². The molecule has 2 N–H and O–H groups in total. The molecular formula is C15H31N3O3S. The average Bonchev–Trinajstić information content (AvgIpc) is 2.45. The number of aliphatic imine (C=N–C) groups is 1. The summed E-state index contributed by atoms with van der Waals surface area (Å²) >= 11 is 0. The van der Waals surface area contributed by atoms with Gasteiger partial charge in [0.15, 0.2) is 15.8 Å². The van der Waals surface area contributed by atoms with Crippen molar-refractivity contribution in [3.8, 4) is 0 Å².